The Morgan fingerprint density at radius 3 is 2.89 bits per heavy atom. The van der Waals surface area contributed by atoms with Crippen molar-refractivity contribution in [1.29, 1.82) is 0 Å². The summed E-state index contributed by atoms with van der Waals surface area (Å²) < 4.78 is 3.04. The Hall–Kier alpha value is -1.40. The average Bonchev–Trinajstić information content (AvgIpc) is 2.91. The molecule has 0 fully saturated rings. The third-order valence-corrected chi connectivity index (χ3v) is 4.64. The molecule has 0 aliphatic carbocycles. The van der Waals surface area contributed by atoms with E-state index in [4.69, 9.17) is 5.73 Å². The van der Waals surface area contributed by atoms with E-state index in [0.717, 1.165) is 20.5 Å². The van der Waals surface area contributed by atoms with Crippen LogP contribution in [0.4, 0.5) is 5.95 Å². The number of hydrogen-bond acceptors (Lipinski definition) is 4. The van der Waals surface area contributed by atoms with Crippen LogP contribution < -0.4 is 5.73 Å². The highest BCUT2D eigenvalue weighted by atomic mass is 79.9. The topological polar surface area (TPSA) is 56.7 Å². The highest BCUT2D eigenvalue weighted by Gasteiger charge is 2.18. The second-order valence-corrected chi connectivity index (χ2v) is 6.64. The summed E-state index contributed by atoms with van der Waals surface area (Å²) in [5.41, 5.74) is 7.99. The van der Waals surface area contributed by atoms with Gasteiger partial charge in [0.1, 0.15) is 5.01 Å². The fraction of sp³-hybridized carbons (Fsp3) is 0.231. The molecule has 4 nitrogen and oxygen atoms in total. The van der Waals surface area contributed by atoms with E-state index in [-0.39, 0.29) is 6.04 Å². The zero-order chi connectivity index (χ0) is 13.6. The lowest BCUT2D eigenvalue weighted by Crippen LogP contribution is -2.09. The maximum Gasteiger partial charge on any atom is 0.201 e. The molecule has 0 spiro atoms. The molecule has 0 aliphatic rings. The number of nitrogen functional groups attached to an aromatic ring is 1. The van der Waals surface area contributed by atoms with E-state index in [1.165, 1.54) is 4.88 Å². The maximum atomic E-state index is 6.06. The largest absolute Gasteiger partial charge is 0.369 e. The number of rotatable bonds is 2. The number of imidazole rings is 1. The zero-order valence-corrected chi connectivity index (χ0v) is 13.0. The molecule has 19 heavy (non-hydrogen) atoms. The van der Waals surface area contributed by atoms with E-state index in [0.29, 0.717) is 5.95 Å². The van der Waals surface area contributed by atoms with Crippen LogP contribution in [0.3, 0.4) is 0 Å². The first-order chi connectivity index (χ1) is 9.06. The summed E-state index contributed by atoms with van der Waals surface area (Å²) in [6, 6.07) is 6.05. The smallest absolute Gasteiger partial charge is 0.201 e. The third kappa shape index (κ3) is 2.15. The van der Waals surface area contributed by atoms with Gasteiger partial charge in [-0.15, -0.1) is 11.3 Å². The Morgan fingerprint density at radius 2 is 2.21 bits per heavy atom. The molecule has 0 aliphatic heterocycles. The van der Waals surface area contributed by atoms with Crippen molar-refractivity contribution in [1.82, 2.24) is 14.5 Å². The minimum Gasteiger partial charge on any atom is -0.369 e. The Kier molecular flexibility index (Phi) is 3.06. The number of halogens is 1. The van der Waals surface area contributed by atoms with Crippen molar-refractivity contribution < 1.29 is 0 Å². The molecule has 1 unspecified atom stereocenters. The van der Waals surface area contributed by atoms with E-state index in [9.17, 15) is 0 Å². The Bertz CT molecular complexity index is 746. The van der Waals surface area contributed by atoms with Gasteiger partial charge in [0.25, 0.3) is 0 Å². The van der Waals surface area contributed by atoms with Gasteiger partial charge in [0.15, 0.2) is 0 Å². The lowest BCUT2D eigenvalue weighted by Gasteiger charge is -2.13. The van der Waals surface area contributed by atoms with Crippen molar-refractivity contribution in [3.8, 4) is 0 Å². The van der Waals surface area contributed by atoms with Crippen LogP contribution >= 0.6 is 27.3 Å². The number of aryl methyl sites for hydroxylation is 1. The second kappa shape index (κ2) is 4.61. The first-order valence-corrected chi connectivity index (χ1v) is 7.52. The van der Waals surface area contributed by atoms with E-state index in [1.54, 1.807) is 11.3 Å². The lowest BCUT2D eigenvalue weighted by molar-refractivity contribution is 0.662. The van der Waals surface area contributed by atoms with E-state index in [2.05, 4.69) is 39.7 Å². The molecule has 0 radical (unpaired) electrons. The van der Waals surface area contributed by atoms with Gasteiger partial charge in [-0.2, -0.15) is 0 Å². The van der Waals surface area contributed by atoms with Crippen molar-refractivity contribution in [2.45, 2.75) is 19.9 Å². The molecular weight excluding hydrogens is 324 g/mol. The minimum atomic E-state index is 0.0815. The van der Waals surface area contributed by atoms with Crippen molar-refractivity contribution >= 4 is 44.2 Å². The van der Waals surface area contributed by atoms with E-state index in [1.807, 2.05) is 29.0 Å². The predicted octanol–water partition coefficient (Wildman–Crippen LogP) is 3.76. The molecule has 2 aromatic heterocycles. The summed E-state index contributed by atoms with van der Waals surface area (Å²) >= 11 is 5.18. The van der Waals surface area contributed by atoms with E-state index >= 15 is 0 Å². The van der Waals surface area contributed by atoms with Crippen LogP contribution in [0.1, 0.15) is 22.9 Å². The number of aromatic nitrogens is 3. The van der Waals surface area contributed by atoms with Crippen LogP contribution in [-0.2, 0) is 0 Å². The van der Waals surface area contributed by atoms with Crippen molar-refractivity contribution in [2.24, 2.45) is 0 Å². The van der Waals surface area contributed by atoms with Gasteiger partial charge in [0, 0.05) is 15.5 Å². The first-order valence-electron chi connectivity index (χ1n) is 5.91. The van der Waals surface area contributed by atoms with Crippen molar-refractivity contribution in [3.63, 3.8) is 0 Å². The average molecular weight is 337 g/mol. The molecule has 2 N–H and O–H groups in total. The molecule has 6 heteroatoms. The van der Waals surface area contributed by atoms with Gasteiger partial charge in [-0.3, -0.25) is 0 Å². The van der Waals surface area contributed by atoms with Crippen LogP contribution in [0.2, 0.25) is 0 Å². The lowest BCUT2D eigenvalue weighted by atomic mass is 10.3. The summed E-state index contributed by atoms with van der Waals surface area (Å²) in [4.78, 5) is 10.0. The number of nitrogens with zero attached hydrogens (tertiary/aromatic N) is 3. The number of anilines is 1. The van der Waals surface area contributed by atoms with Crippen LogP contribution in [-0.4, -0.2) is 14.5 Å². The normalized spacial score (nSPS) is 13.0. The Balaban J connectivity index is 2.18. The van der Waals surface area contributed by atoms with Gasteiger partial charge in [0.05, 0.1) is 17.1 Å². The van der Waals surface area contributed by atoms with Gasteiger partial charge < -0.3 is 10.3 Å². The van der Waals surface area contributed by atoms with E-state index < -0.39 is 0 Å². The zero-order valence-electron chi connectivity index (χ0n) is 10.6. The number of fused-ring (bicyclic) bond motifs is 1. The quantitative estimate of drug-likeness (QED) is 0.775. The third-order valence-electron chi connectivity index (χ3n) is 3.06. The first kappa shape index (κ1) is 12.6. The molecule has 98 valence electrons. The van der Waals surface area contributed by atoms with Gasteiger partial charge >= 0.3 is 0 Å². The molecule has 0 bridgehead atoms. The van der Waals surface area contributed by atoms with Gasteiger partial charge in [0.2, 0.25) is 5.95 Å². The maximum absolute atomic E-state index is 6.06. The van der Waals surface area contributed by atoms with Crippen LogP contribution in [0.25, 0.3) is 11.0 Å². The number of thiazole rings is 1. The van der Waals surface area contributed by atoms with Gasteiger partial charge in [-0.1, -0.05) is 15.9 Å². The van der Waals surface area contributed by atoms with Gasteiger partial charge in [-0.05, 0) is 32.0 Å². The number of benzene rings is 1. The summed E-state index contributed by atoms with van der Waals surface area (Å²) in [7, 11) is 0. The standard InChI is InChI=1S/C13H13BrN4S/c1-7-6-16-12(19-7)8(2)18-11-5-9(14)3-4-10(11)17-13(18)15/h3-6,8H,1-2H3,(H2,15,17). The predicted molar refractivity (Wildman–Crippen MR) is 82.5 cm³/mol. The summed E-state index contributed by atoms with van der Waals surface area (Å²) in [5.74, 6) is 0.522. The highest BCUT2D eigenvalue weighted by molar-refractivity contribution is 9.10. The molecule has 0 saturated carbocycles. The van der Waals surface area contributed by atoms with Crippen LogP contribution in [0.5, 0.6) is 0 Å². The molecule has 3 rings (SSSR count). The number of nitrogens with two attached hydrogens (primary N) is 1. The molecule has 1 aromatic carbocycles. The Labute approximate surface area is 123 Å². The second-order valence-electron chi connectivity index (χ2n) is 4.46. The van der Waals surface area contributed by atoms with Crippen molar-refractivity contribution in [3.05, 3.63) is 38.8 Å². The SMILES string of the molecule is Cc1cnc(C(C)n2c(N)nc3ccc(Br)cc32)s1. The molecule has 1 atom stereocenters. The fourth-order valence-corrected chi connectivity index (χ4v) is 3.33. The highest BCUT2D eigenvalue weighted by Crippen LogP contribution is 2.30. The van der Waals surface area contributed by atoms with Crippen LogP contribution in [0.15, 0.2) is 28.9 Å². The molecular formula is C13H13BrN4S. The van der Waals surface area contributed by atoms with Crippen molar-refractivity contribution in [2.75, 3.05) is 5.73 Å². The molecule has 3 aromatic rings. The van der Waals surface area contributed by atoms with Gasteiger partial charge in [-0.25, -0.2) is 9.97 Å². The molecule has 0 amide bonds. The number of hydrogen-bond donors (Lipinski definition) is 1. The minimum absolute atomic E-state index is 0.0815. The summed E-state index contributed by atoms with van der Waals surface area (Å²) in [5, 5.41) is 1.04. The summed E-state index contributed by atoms with van der Waals surface area (Å²) in [6.45, 7) is 4.15. The fourth-order valence-electron chi connectivity index (χ4n) is 2.17. The Morgan fingerprint density at radius 1 is 1.42 bits per heavy atom. The van der Waals surface area contributed by atoms with Crippen LogP contribution in [0, 0.1) is 6.92 Å². The summed E-state index contributed by atoms with van der Waals surface area (Å²) in [6.07, 6.45) is 1.89. The molecule has 2 heterocycles. The molecule has 0 saturated heterocycles. The monoisotopic (exact) mass is 336 g/mol.